The minimum atomic E-state index is 0.686. The number of hydrogen-bond acceptors (Lipinski definition) is 1. The van der Waals surface area contributed by atoms with Crippen molar-refractivity contribution in [3.8, 4) is 0 Å². The van der Waals surface area contributed by atoms with Gasteiger partial charge in [0, 0.05) is 7.11 Å². The minimum absolute atomic E-state index is 0.686. The van der Waals surface area contributed by atoms with Crippen LogP contribution in [-0.4, -0.2) is 13.7 Å². The maximum atomic E-state index is 4.67. The first kappa shape index (κ1) is 6.18. The molecule has 0 saturated heterocycles. The molecule has 0 radical (unpaired) electrons. The van der Waals surface area contributed by atoms with Crippen LogP contribution in [-0.2, 0) is 4.74 Å². The Kier molecular flexibility index (Phi) is 5.34. The molecule has 0 heterocycles. The van der Waals surface area contributed by atoms with Crippen LogP contribution in [0.25, 0.3) is 0 Å². The molecule has 0 spiro atoms. The summed E-state index contributed by atoms with van der Waals surface area (Å²) < 4.78 is 4.67. The van der Waals surface area contributed by atoms with E-state index in [1.165, 1.54) is 0 Å². The van der Waals surface area contributed by atoms with Gasteiger partial charge >= 0.3 is 0 Å². The van der Waals surface area contributed by atoms with E-state index in [-0.39, 0.29) is 0 Å². The highest BCUT2D eigenvalue weighted by Crippen LogP contribution is 1.80. The molecular weight excluding hydrogens is 144 g/mol. The Morgan fingerprint density at radius 1 is 1.83 bits per heavy atom. The highest BCUT2D eigenvalue weighted by atomic mass is 79.9. The quantitative estimate of drug-likeness (QED) is 0.581. The average Bonchev–Trinajstić information content (AvgIpc) is 1.61. The van der Waals surface area contributed by atoms with Gasteiger partial charge in [-0.05, 0) is 4.99 Å². The summed E-state index contributed by atoms with van der Waals surface area (Å²) >= 11 is 3.09. The molecule has 0 atom stereocenters. The number of methoxy groups -OCH3 is 1. The van der Waals surface area contributed by atoms with Crippen LogP contribution in [0.3, 0.4) is 0 Å². The fourth-order valence-electron chi connectivity index (χ4n) is 0.133. The lowest BCUT2D eigenvalue weighted by atomic mass is 10.7. The van der Waals surface area contributed by atoms with Crippen molar-refractivity contribution in [3.63, 3.8) is 0 Å². The fraction of sp³-hybridized carbons (Fsp3) is 0.500. The number of halogens is 1. The summed E-state index contributed by atoms with van der Waals surface area (Å²) in [4.78, 5) is 1.77. The van der Waals surface area contributed by atoms with Gasteiger partial charge in [0.2, 0.25) is 0 Å². The standard InChI is InChI=1S/C4H7BrO/c1-6-4-2-3-5/h2-3H,4H2,1H3/b3-2-. The van der Waals surface area contributed by atoms with E-state index in [0.29, 0.717) is 6.61 Å². The van der Waals surface area contributed by atoms with Crippen LogP contribution in [0.4, 0.5) is 0 Å². The topological polar surface area (TPSA) is 9.23 Å². The first-order valence-corrected chi connectivity index (χ1v) is 2.57. The van der Waals surface area contributed by atoms with Crippen LogP contribution in [0.5, 0.6) is 0 Å². The normalized spacial score (nSPS) is 10.3. The summed E-state index contributed by atoms with van der Waals surface area (Å²) in [6.45, 7) is 0.686. The number of hydrogen-bond donors (Lipinski definition) is 0. The van der Waals surface area contributed by atoms with Gasteiger partial charge in [-0.3, -0.25) is 0 Å². The zero-order valence-corrected chi connectivity index (χ0v) is 5.23. The summed E-state index contributed by atoms with van der Waals surface area (Å²) in [5, 5.41) is 0. The molecule has 0 amide bonds. The first-order valence-electron chi connectivity index (χ1n) is 1.66. The SMILES string of the molecule is COC/C=C\Br. The molecule has 36 valence electrons. The molecule has 0 bridgehead atoms. The Labute approximate surface area is 46.1 Å². The highest BCUT2D eigenvalue weighted by molar-refractivity contribution is 9.11. The second-order valence-corrected chi connectivity index (χ2v) is 1.35. The van der Waals surface area contributed by atoms with E-state index < -0.39 is 0 Å². The Hall–Kier alpha value is 0.180. The van der Waals surface area contributed by atoms with E-state index in [1.807, 2.05) is 6.08 Å². The van der Waals surface area contributed by atoms with Crippen LogP contribution in [0.2, 0.25) is 0 Å². The summed E-state index contributed by atoms with van der Waals surface area (Å²) in [7, 11) is 1.66. The van der Waals surface area contributed by atoms with Crippen molar-refractivity contribution in [1.29, 1.82) is 0 Å². The number of ether oxygens (including phenoxy) is 1. The molecule has 0 N–H and O–H groups in total. The summed E-state index contributed by atoms with van der Waals surface area (Å²) in [5.41, 5.74) is 0. The molecule has 0 aromatic heterocycles. The molecule has 0 unspecified atom stereocenters. The molecule has 2 heteroatoms. The molecule has 0 aromatic carbocycles. The van der Waals surface area contributed by atoms with Crippen LogP contribution in [0, 0.1) is 0 Å². The molecule has 0 aliphatic heterocycles. The third-order valence-corrected chi connectivity index (χ3v) is 0.726. The van der Waals surface area contributed by atoms with E-state index in [4.69, 9.17) is 0 Å². The van der Waals surface area contributed by atoms with E-state index in [1.54, 1.807) is 12.1 Å². The summed E-state index contributed by atoms with van der Waals surface area (Å²) in [6, 6.07) is 0. The van der Waals surface area contributed by atoms with Gasteiger partial charge in [-0.15, -0.1) is 0 Å². The lowest BCUT2D eigenvalue weighted by molar-refractivity contribution is 0.234. The monoisotopic (exact) mass is 150 g/mol. The van der Waals surface area contributed by atoms with Crippen molar-refractivity contribution in [1.82, 2.24) is 0 Å². The van der Waals surface area contributed by atoms with E-state index in [9.17, 15) is 0 Å². The van der Waals surface area contributed by atoms with E-state index in [2.05, 4.69) is 20.7 Å². The van der Waals surface area contributed by atoms with Crippen LogP contribution in [0.15, 0.2) is 11.1 Å². The highest BCUT2D eigenvalue weighted by Gasteiger charge is 1.63. The molecule has 0 fully saturated rings. The second kappa shape index (κ2) is 5.18. The van der Waals surface area contributed by atoms with Crippen LogP contribution in [0.1, 0.15) is 0 Å². The number of rotatable bonds is 2. The zero-order chi connectivity index (χ0) is 4.83. The van der Waals surface area contributed by atoms with Crippen molar-refractivity contribution in [2.45, 2.75) is 0 Å². The van der Waals surface area contributed by atoms with Gasteiger partial charge in [-0.25, -0.2) is 0 Å². The molecule has 0 saturated carbocycles. The summed E-state index contributed by atoms with van der Waals surface area (Å²) in [6.07, 6.45) is 1.88. The first-order chi connectivity index (χ1) is 2.91. The molecule has 0 aliphatic rings. The Morgan fingerprint density at radius 3 is 2.67 bits per heavy atom. The second-order valence-electron chi connectivity index (χ2n) is 0.817. The predicted octanol–water partition coefficient (Wildman–Crippen LogP) is 1.54. The zero-order valence-electron chi connectivity index (χ0n) is 3.65. The van der Waals surface area contributed by atoms with Crippen molar-refractivity contribution in [2.75, 3.05) is 13.7 Å². The predicted molar refractivity (Wildman–Crippen MR) is 29.9 cm³/mol. The maximum Gasteiger partial charge on any atom is 0.0651 e. The fourth-order valence-corrected chi connectivity index (χ4v) is 0.285. The van der Waals surface area contributed by atoms with Crippen molar-refractivity contribution < 1.29 is 4.74 Å². The molecule has 0 rings (SSSR count). The van der Waals surface area contributed by atoms with Crippen molar-refractivity contribution in [2.24, 2.45) is 0 Å². The molecule has 0 aliphatic carbocycles. The Balaban J connectivity index is 2.66. The third-order valence-electron chi connectivity index (χ3n) is 0.352. The van der Waals surface area contributed by atoms with Gasteiger partial charge in [0.25, 0.3) is 0 Å². The molecule has 6 heavy (non-hydrogen) atoms. The van der Waals surface area contributed by atoms with E-state index >= 15 is 0 Å². The van der Waals surface area contributed by atoms with Crippen molar-refractivity contribution in [3.05, 3.63) is 11.1 Å². The lowest BCUT2D eigenvalue weighted by Gasteiger charge is -1.81. The van der Waals surface area contributed by atoms with Gasteiger partial charge in [0.1, 0.15) is 0 Å². The Bertz CT molecular complexity index is 42.8. The van der Waals surface area contributed by atoms with Gasteiger partial charge in [-0.1, -0.05) is 22.0 Å². The molecular formula is C4H7BrO. The maximum absolute atomic E-state index is 4.67. The molecule has 1 nitrogen and oxygen atoms in total. The smallest absolute Gasteiger partial charge is 0.0651 e. The van der Waals surface area contributed by atoms with E-state index in [0.717, 1.165) is 0 Å². The largest absolute Gasteiger partial charge is 0.381 e. The van der Waals surface area contributed by atoms with Crippen molar-refractivity contribution >= 4 is 15.9 Å². The molecule has 0 aromatic rings. The average molecular weight is 151 g/mol. The lowest BCUT2D eigenvalue weighted by Crippen LogP contribution is -1.77. The van der Waals surface area contributed by atoms with Gasteiger partial charge in [0.15, 0.2) is 0 Å². The van der Waals surface area contributed by atoms with Gasteiger partial charge < -0.3 is 4.74 Å². The minimum Gasteiger partial charge on any atom is -0.381 e. The van der Waals surface area contributed by atoms with Gasteiger partial charge in [-0.2, -0.15) is 0 Å². The third kappa shape index (κ3) is 4.18. The van der Waals surface area contributed by atoms with Crippen LogP contribution < -0.4 is 0 Å². The van der Waals surface area contributed by atoms with Crippen LogP contribution >= 0.6 is 15.9 Å². The summed E-state index contributed by atoms with van der Waals surface area (Å²) in [5.74, 6) is 0. The van der Waals surface area contributed by atoms with Gasteiger partial charge in [0.05, 0.1) is 6.61 Å². The Morgan fingerprint density at radius 2 is 2.50 bits per heavy atom.